The maximum atomic E-state index is 12.8. The van der Waals surface area contributed by atoms with Crippen LogP contribution in [0, 0.1) is 0 Å². The summed E-state index contributed by atoms with van der Waals surface area (Å²) in [7, 11) is -4.24. The van der Waals surface area contributed by atoms with E-state index < -0.39 is 26.7 Å². The van der Waals surface area contributed by atoms with Crippen molar-refractivity contribution in [3.05, 3.63) is 90.0 Å². The van der Waals surface area contributed by atoms with Crippen LogP contribution in [-0.4, -0.2) is 28.7 Å². The van der Waals surface area contributed by atoms with Crippen molar-refractivity contribution in [3.8, 4) is 0 Å². The second-order valence-electron chi connectivity index (χ2n) is 6.80. The van der Waals surface area contributed by atoms with Gasteiger partial charge in [0.1, 0.15) is 11.3 Å². The summed E-state index contributed by atoms with van der Waals surface area (Å²) in [6, 6.07) is 11.5. The Balaban J connectivity index is 1.47. The van der Waals surface area contributed by atoms with E-state index in [0.717, 1.165) is 12.1 Å². The normalized spacial score (nSPS) is 12.1. The molecule has 0 unspecified atom stereocenters. The number of fused-ring (bicyclic) bond motifs is 1. The Hall–Kier alpha value is -3.73. The molecule has 0 aliphatic rings. The van der Waals surface area contributed by atoms with Crippen LogP contribution in [0.1, 0.15) is 21.6 Å². The molecule has 0 aliphatic carbocycles. The summed E-state index contributed by atoms with van der Waals surface area (Å²) in [5.74, 6) is -0.328. The topological polar surface area (TPSA) is 93.4 Å². The molecule has 1 aromatic carbocycles. The summed E-state index contributed by atoms with van der Waals surface area (Å²) in [5, 5.41) is 2.04. The standard InChI is InChI=1S/C21H15F3N4O3S/c22-21(23,24)17-2-1-3-19(27-17)32(30,31)16-7-4-14(5-8-16)12-26-20(29)15-6-9-18-25-10-11-28(18)13-15/h1-11,13H,12H2,(H,26,29). The number of imidazole rings is 1. The molecule has 0 spiro atoms. The summed E-state index contributed by atoms with van der Waals surface area (Å²) in [6.07, 6.45) is 0.206. The second kappa shape index (κ2) is 8.08. The molecule has 0 bridgehead atoms. The van der Waals surface area contributed by atoms with Crippen LogP contribution < -0.4 is 5.32 Å². The van der Waals surface area contributed by atoms with E-state index in [0.29, 0.717) is 22.8 Å². The molecule has 0 saturated carbocycles. The Morgan fingerprint density at radius 1 is 1.03 bits per heavy atom. The van der Waals surface area contributed by atoms with E-state index in [9.17, 15) is 26.4 Å². The molecule has 0 radical (unpaired) electrons. The molecule has 1 amide bonds. The van der Waals surface area contributed by atoms with E-state index in [2.05, 4.69) is 15.3 Å². The zero-order chi connectivity index (χ0) is 22.9. The molecule has 32 heavy (non-hydrogen) atoms. The van der Waals surface area contributed by atoms with Crippen LogP contribution in [0.5, 0.6) is 0 Å². The highest BCUT2D eigenvalue weighted by atomic mass is 32.2. The number of aromatic nitrogens is 3. The van der Waals surface area contributed by atoms with Gasteiger partial charge in [-0.3, -0.25) is 4.79 Å². The zero-order valence-corrected chi connectivity index (χ0v) is 17.1. The summed E-state index contributed by atoms with van der Waals surface area (Å²) in [6.45, 7) is 0.128. The molecule has 0 atom stereocenters. The van der Waals surface area contributed by atoms with Crippen LogP contribution in [0.2, 0.25) is 0 Å². The fraction of sp³-hybridized carbons (Fsp3) is 0.0952. The molecule has 11 heteroatoms. The number of carbonyl (C=O) groups excluding carboxylic acids is 1. The van der Waals surface area contributed by atoms with E-state index >= 15 is 0 Å². The third-order valence-electron chi connectivity index (χ3n) is 4.63. The van der Waals surface area contributed by atoms with E-state index in [4.69, 9.17) is 0 Å². The van der Waals surface area contributed by atoms with E-state index in [-0.39, 0.29) is 17.3 Å². The van der Waals surface area contributed by atoms with Crippen molar-refractivity contribution in [2.24, 2.45) is 0 Å². The molecular formula is C21H15F3N4O3S. The Labute approximate surface area is 180 Å². The first-order valence-electron chi connectivity index (χ1n) is 9.24. The van der Waals surface area contributed by atoms with Gasteiger partial charge in [-0.15, -0.1) is 0 Å². The van der Waals surface area contributed by atoms with E-state index in [1.165, 1.54) is 24.3 Å². The number of halogens is 3. The van der Waals surface area contributed by atoms with Crippen molar-refractivity contribution < 1.29 is 26.4 Å². The number of hydrogen-bond acceptors (Lipinski definition) is 5. The van der Waals surface area contributed by atoms with Gasteiger partial charge < -0.3 is 9.72 Å². The predicted molar refractivity (Wildman–Crippen MR) is 107 cm³/mol. The zero-order valence-electron chi connectivity index (χ0n) is 16.2. The average molecular weight is 460 g/mol. The summed E-state index contributed by atoms with van der Waals surface area (Å²) in [4.78, 5) is 19.5. The average Bonchev–Trinajstić information content (AvgIpc) is 3.25. The summed E-state index contributed by atoms with van der Waals surface area (Å²) >= 11 is 0. The number of amides is 1. The molecular weight excluding hydrogens is 445 g/mol. The number of benzene rings is 1. The number of rotatable bonds is 5. The molecule has 0 saturated heterocycles. The minimum absolute atomic E-state index is 0.128. The third kappa shape index (κ3) is 4.33. The van der Waals surface area contributed by atoms with Crippen molar-refractivity contribution in [1.29, 1.82) is 0 Å². The fourth-order valence-corrected chi connectivity index (χ4v) is 4.18. The lowest BCUT2D eigenvalue weighted by atomic mass is 10.2. The van der Waals surface area contributed by atoms with Gasteiger partial charge in [-0.25, -0.2) is 18.4 Å². The fourth-order valence-electron chi connectivity index (χ4n) is 2.97. The highest BCUT2D eigenvalue weighted by Crippen LogP contribution is 2.29. The van der Waals surface area contributed by atoms with Crippen molar-refractivity contribution in [2.75, 3.05) is 0 Å². The lowest BCUT2D eigenvalue weighted by molar-refractivity contribution is -0.141. The minimum Gasteiger partial charge on any atom is -0.348 e. The van der Waals surface area contributed by atoms with Gasteiger partial charge in [0, 0.05) is 25.1 Å². The van der Waals surface area contributed by atoms with Crippen LogP contribution in [-0.2, 0) is 22.6 Å². The van der Waals surface area contributed by atoms with Gasteiger partial charge in [0.05, 0.1) is 10.5 Å². The highest BCUT2D eigenvalue weighted by molar-refractivity contribution is 7.91. The first kappa shape index (κ1) is 21.5. The molecule has 1 N–H and O–H groups in total. The maximum Gasteiger partial charge on any atom is 0.433 e. The first-order valence-corrected chi connectivity index (χ1v) is 10.7. The molecule has 3 aromatic heterocycles. The van der Waals surface area contributed by atoms with Crippen molar-refractivity contribution in [1.82, 2.24) is 19.7 Å². The Morgan fingerprint density at radius 3 is 2.50 bits per heavy atom. The van der Waals surface area contributed by atoms with Gasteiger partial charge in [0.2, 0.25) is 9.84 Å². The molecule has 4 rings (SSSR count). The Kier molecular flexibility index (Phi) is 5.43. The molecule has 3 heterocycles. The second-order valence-corrected chi connectivity index (χ2v) is 8.70. The lowest BCUT2D eigenvalue weighted by Gasteiger charge is -2.09. The molecule has 7 nitrogen and oxygen atoms in total. The molecule has 164 valence electrons. The number of alkyl halides is 3. The molecule has 0 aliphatic heterocycles. The van der Waals surface area contributed by atoms with Crippen molar-refractivity contribution >= 4 is 21.4 Å². The molecule has 4 aromatic rings. The lowest BCUT2D eigenvalue weighted by Crippen LogP contribution is -2.23. The minimum atomic E-state index is -4.75. The van der Waals surface area contributed by atoms with E-state index in [1.807, 2.05) is 0 Å². The van der Waals surface area contributed by atoms with Crippen LogP contribution in [0.4, 0.5) is 13.2 Å². The Morgan fingerprint density at radius 2 is 1.78 bits per heavy atom. The van der Waals surface area contributed by atoms with Gasteiger partial charge in [-0.1, -0.05) is 18.2 Å². The quantitative estimate of drug-likeness (QED) is 0.492. The number of nitrogens with zero attached hydrogens (tertiary/aromatic N) is 3. The van der Waals surface area contributed by atoms with E-state index in [1.54, 1.807) is 35.1 Å². The van der Waals surface area contributed by atoms with Crippen LogP contribution in [0.15, 0.2) is 83.1 Å². The van der Waals surface area contributed by atoms with Gasteiger partial charge in [0.15, 0.2) is 5.03 Å². The van der Waals surface area contributed by atoms with Gasteiger partial charge in [-0.05, 0) is 42.0 Å². The summed E-state index contributed by atoms with van der Waals surface area (Å²) < 4.78 is 65.6. The van der Waals surface area contributed by atoms with Crippen molar-refractivity contribution in [3.63, 3.8) is 0 Å². The highest BCUT2D eigenvalue weighted by Gasteiger charge is 2.33. The van der Waals surface area contributed by atoms with Gasteiger partial charge >= 0.3 is 6.18 Å². The van der Waals surface area contributed by atoms with Crippen molar-refractivity contribution in [2.45, 2.75) is 22.6 Å². The van der Waals surface area contributed by atoms with Crippen LogP contribution >= 0.6 is 0 Å². The third-order valence-corrected chi connectivity index (χ3v) is 6.30. The first-order chi connectivity index (χ1) is 15.1. The largest absolute Gasteiger partial charge is 0.433 e. The van der Waals surface area contributed by atoms with Crippen LogP contribution in [0.25, 0.3) is 5.65 Å². The van der Waals surface area contributed by atoms with Gasteiger partial charge in [-0.2, -0.15) is 13.2 Å². The van der Waals surface area contributed by atoms with Crippen LogP contribution in [0.3, 0.4) is 0 Å². The Bertz CT molecular complexity index is 1400. The number of sulfone groups is 1. The van der Waals surface area contributed by atoms with Gasteiger partial charge in [0.25, 0.3) is 5.91 Å². The number of pyridine rings is 2. The monoisotopic (exact) mass is 460 g/mol. The SMILES string of the molecule is O=C(NCc1ccc(S(=O)(=O)c2cccc(C(F)(F)F)n2)cc1)c1ccc2nccn2c1. The maximum absolute atomic E-state index is 12.8. The predicted octanol–water partition coefficient (Wildman–Crippen LogP) is 3.51. The molecule has 0 fully saturated rings. The number of nitrogens with one attached hydrogen (secondary N) is 1. The number of carbonyl (C=O) groups is 1. The summed E-state index contributed by atoms with van der Waals surface area (Å²) in [5.41, 5.74) is 0.448. The number of hydrogen-bond donors (Lipinski definition) is 1. The smallest absolute Gasteiger partial charge is 0.348 e.